The smallest absolute Gasteiger partial charge is 0.0294 e. The lowest BCUT2D eigenvalue weighted by Crippen LogP contribution is -2.35. The van der Waals surface area contributed by atoms with E-state index in [0.717, 1.165) is 4.47 Å². The van der Waals surface area contributed by atoms with E-state index >= 15 is 0 Å². The Morgan fingerprint density at radius 2 is 1.75 bits per heavy atom. The molecular formula is C14H20BrN. The van der Waals surface area contributed by atoms with Crippen LogP contribution in [0.15, 0.2) is 28.7 Å². The monoisotopic (exact) mass is 281 g/mol. The van der Waals surface area contributed by atoms with Gasteiger partial charge in [-0.3, -0.25) is 0 Å². The SMILES string of the molecule is CC(NC(C)C1(C)CC1)c1ccc(Br)cc1. The summed E-state index contributed by atoms with van der Waals surface area (Å²) in [7, 11) is 0. The number of halogens is 1. The summed E-state index contributed by atoms with van der Waals surface area (Å²) in [6.07, 6.45) is 2.74. The summed E-state index contributed by atoms with van der Waals surface area (Å²) in [5.74, 6) is 0. The number of benzene rings is 1. The Labute approximate surface area is 107 Å². The molecule has 0 aliphatic heterocycles. The third-order valence-corrected chi connectivity index (χ3v) is 4.48. The van der Waals surface area contributed by atoms with E-state index in [1.54, 1.807) is 0 Å². The van der Waals surface area contributed by atoms with Gasteiger partial charge in [-0.15, -0.1) is 0 Å². The highest BCUT2D eigenvalue weighted by Crippen LogP contribution is 2.48. The first-order valence-corrected chi connectivity index (χ1v) is 6.82. The zero-order valence-electron chi connectivity index (χ0n) is 10.3. The lowest BCUT2D eigenvalue weighted by molar-refractivity contribution is 0.350. The Morgan fingerprint density at radius 1 is 1.19 bits per heavy atom. The number of hydrogen-bond acceptors (Lipinski definition) is 1. The maximum absolute atomic E-state index is 3.70. The first-order valence-electron chi connectivity index (χ1n) is 6.03. The zero-order chi connectivity index (χ0) is 11.8. The van der Waals surface area contributed by atoms with E-state index in [9.17, 15) is 0 Å². The molecule has 1 aromatic carbocycles. The normalized spacial score (nSPS) is 21.5. The Hall–Kier alpha value is -0.340. The van der Waals surface area contributed by atoms with Crippen LogP contribution >= 0.6 is 15.9 Å². The van der Waals surface area contributed by atoms with Crippen molar-refractivity contribution in [3.8, 4) is 0 Å². The van der Waals surface area contributed by atoms with Crippen molar-refractivity contribution < 1.29 is 0 Å². The Bertz CT molecular complexity index is 354. The Balaban J connectivity index is 1.97. The third kappa shape index (κ3) is 2.67. The highest BCUT2D eigenvalue weighted by atomic mass is 79.9. The molecular weight excluding hydrogens is 262 g/mol. The molecule has 2 heteroatoms. The van der Waals surface area contributed by atoms with Gasteiger partial charge in [-0.1, -0.05) is 35.0 Å². The second-order valence-corrected chi connectivity index (χ2v) is 6.23. The van der Waals surface area contributed by atoms with Crippen LogP contribution in [0.25, 0.3) is 0 Å². The molecule has 1 N–H and O–H groups in total. The molecule has 0 amide bonds. The second kappa shape index (κ2) is 4.50. The van der Waals surface area contributed by atoms with E-state index in [4.69, 9.17) is 0 Å². The number of nitrogens with one attached hydrogen (secondary N) is 1. The minimum atomic E-state index is 0.431. The van der Waals surface area contributed by atoms with Gasteiger partial charge in [-0.25, -0.2) is 0 Å². The molecule has 0 aromatic heterocycles. The molecule has 2 unspecified atom stereocenters. The second-order valence-electron chi connectivity index (χ2n) is 5.32. The molecule has 0 heterocycles. The van der Waals surface area contributed by atoms with Crippen LogP contribution in [0.5, 0.6) is 0 Å². The summed E-state index contributed by atoms with van der Waals surface area (Å²) in [6, 6.07) is 9.62. The van der Waals surface area contributed by atoms with Crippen LogP contribution in [0.2, 0.25) is 0 Å². The molecule has 1 aromatic rings. The van der Waals surface area contributed by atoms with E-state index in [-0.39, 0.29) is 0 Å². The van der Waals surface area contributed by atoms with Crippen molar-refractivity contribution in [1.82, 2.24) is 5.32 Å². The predicted molar refractivity (Wildman–Crippen MR) is 72.5 cm³/mol. The van der Waals surface area contributed by atoms with Crippen molar-refractivity contribution in [2.45, 2.75) is 45.7 Å². The summed E-state index contributed by atoms with van der Waals surface area (Å²) >= 11 is 3.47. The van der Waals surface area contributed by atoms with Gasteiger partial charge in [0.05, 0.1) is 0 Å². The summed E-state index contributed by atoms with van der Waals surface area (Å²) in [6.45, 7) is 6.92. The predicted octanol–water partition coefficient (Wildman–Crippen LogP) is 4.29. The van der Waals surface area contributed by atoms with Gasteiger partial charge in [0.2, 0.25) is 0 Å². The van der Waals surface area contributed by atoms with Gasteiger partial charge in [-0.2, -0.15) is 0 Å². The van der Waals surface area contributed by atoms with E-state index in [0.29, 0.717) is 17.5 Å². The van der Waals surface area contributed by atoms with Crippen molar-refractivity contribution in [2.75, 3.05) is 0 Å². The molecule has 1 nitrogen and oxygen atoms in total. The van der Waals surface area contributed by atoms with E-state index in [1.165, 1.54) is 18.4 Å². The van der Waals surface area contributed by atoms with Crippen LogP contribution in [-0.4, -0.2) is 6.04 Å². The van der Waals surface area contributed by atoms with Gasteiger partial charge in [-0.05, 0) is 49.8 Å². The zero-order valence-corrected chi connectivity index (χ0v) is 11.8. The van der Waals surface area contributed by atoms with Gasteiger partial charge in [0.25, 0.3) is 0 Å². The average molecular weight is 282 g/mol. The highest BCUT2D eigenvalue weighted by molar-refractivity contribution is 9.10. The molecule has 1 fully saturated rings. The van der Waals surface area contributed by atoms with Crippen LogP contribution in [0.3, 0.4) is 0 Å². The molecule has 2 atom stereocenters. The van der Waals surface area contributed by atoms with Crippen LogP contribution < -0.4 is 5.32 Å². The molecule has 0 spiro atoms. The molecule has 0 radical (unpaired) electrons. The van der Waals surface area contributed by atoms with E-state index in [2.05, 4.69) is 66.3 Å². The van der Waals surface area contributed by atoms with Crippen molar-refractivity contribution in [3.05, 3.63) is 34.3 Å². The fourth-order valence-corrected chi connectivity index (χ4v) is 2.32. The highest BCUT2D eigenvalue weighted by Gasteiger charge is 2.42. The minimum Gasteiger partial charge on any atom is -0.307 e. The molecule has 1 saturated carbocycles. The van der Waals surface area contributed by atoms with E-state index < -0.39 is 0 Å². The molecule has 0 saturated heterocycles. The summed E-state index contributed by atoms with van der Waals surface area (Å²) in [5.41, 5.74) is 1.91. The first-order chi connectivity index (χ1) is 7.51. The first kappa shape index (κ1) is 12.1. The van der Waals surface area contributed by atoms with Crippen molar-refractivity contribution in [1.29, 1.82) is 0 Å². The van der Waals surface area contributed by atoms with Crippen molar-refractivity contribution in [2.24, 2.45) is 5.41 Å². The Morgan fingerprint density at radius 3 is 2.25 bits per heavy atom. The van der Waals surface area contributed by atoms with Gasteiger partial charge in [0, 0.05) is 16.6 Å². The van der Waals surface area contributed by atoms with Crippen LogP contribution in [0, 0.1) is 5.41 Å². The van der Waals surface area contributed by atoms with Crippen LogP contribution in [0.4, 0.5) is 0 Å². The maximum atomic E-state index is 3.70. The van der Waals surface area contributed by atoms with Gasteiger partial charge >= 0.3 is 0 Å². The fourth-order valence-electron chi connectivity index (χ4n) is 2.05. The fraction of sp³-hybridized carbons (Fsp3) is 0.571. The quantitative estimate of drug-likeness (QED) is 0.868. The van der Waals surface area contributed by atoms with Crippen LogP contribution in [0.1, 0.15) is 45.2 Å². The van der Waals surface area contributed by atoms with Gasteiger partial charge < -0.3 is 5.32 Å². The van der Waals surface area contributed by atoms with Crippen molar-refractivity contribution >= 4 is 15.9 Å². The molecule has 1 aliphatic rings. The van der Waals surface area contributed by atoms with Crippen molar-refractivity contribution in [3.63, 3.8) is 0 Å². The minimum absolute atomic E-state index is 0.431. The molecule has 1 aliphatic carbocycles. The molecule has 88 valence electrons. The molecule has 2 rings (SSSR count). The lowest BCUT2D eigenvalue weighted by Gasteiger charge is -2.25. The summed E-state index contributed by atoms with van der Waals surface area (Å²) in [4.78, 5) is 0. The van der Waals surface area contributed by atoms with Gasteiger partial charge in [0.15, 0.2) is 0 Å². The van der Waals surface area contributed by atoms with Crippen LogP contribution in [-0.2, 0) is 0 Å². The van der Waals surface area contributed by atoms with Gasteiger partial charge in [0.1, 0.15) is 0 Å². The standard InChI is InChI=1S/C14H20BrN/c1-10(12-4-6-13(15)7-5-12)16-11(2)14(3)8-9-14/h4-7,10-11,16H,8-9H2,1-3H3. The molecule has 16 heavy (non-hydrogen) atoms. The molecule has 0 bridgehead atoms. The maximum Gasteiger partial charge on any atom is 0.0294 e. The largest absolute Gasteiger partial charge is 0.307 e. The topological polar surface area (TPSA) is 12.0 Å². The van der Waals surface area contributed by atoms with E-state index in [1.807, 2.05) is 0 Å². The average Bonchev–Trinajstić information content (AvgIpc) is 2.99. The summed E-state index contributed by atoms with van der Waals surface area (Å²) in [5, 5.41) is 3.70. The number of rotatable bonds is 4. The lowest BCUT2D eigenvalue weighted by atomic mass is 9.98. The Kier molecular flexibility index (Phi) is 3.41. The number of hydrogen-bond donors (Lipinski definition) is 1. The third-order valence-electron chi connectivity index (χ3n) is 3.95. The summed E-state index contributed by atoms with van der Waals surface area (Å²) < 4.78 is 1.14.